The summed E-state index contributed by atoms with van der Waals surface area (Å²) >= 11 is 7.62. The lowest BCUT2D eigenvalue weighted by molar-refractivity contribution is 0.877. The van der Waals surface area contributed by atoms with E-state index in [0.29, 0.717) is 0 Å². The highest BCUT2D eigenvalue weighted by atomic mass is 35.5. The van der Waals surface area contributed by atoms with Crippen molar-refractivity contribution in [2.24, 2.45) is 0 Å². The first kappa shape index (κ1) is 15.6. The maximum Gasteiger partial charge on any atom is 0.249 e. The summed E-state index contributed by atoms with van der Waals surface area (Å²) in [4.78, 5) is 15.2. The van der Waals surface area contributed by atoms with E-state index >= 15 is 0 Å². The van der Waals surface area contributed by atoms with Crippen LogP contribution >= 0.6 is 23.4 Å². The molecule has 24 heavy (non-hydrogen) atoms. The second kappa shape index (κ2) is 6.50. The minimum atomic E-state index is -0.0379. The Labute approximate surface area is 149 Å². The number of nitrogens with one attached hydrogen (secondary N) is 1. The van der Waals surface area contributed by atoms with E-state index in [9.17, 15) is 4.79 Å². The Morgan fingerprint density at radius 1 is 1.00 bits per heavy atom. The molecular weight excluding hydrogens is 338 g/mol. The standard InChI is InChI=1S/C20H16ClNOS/c21-15-8-5-13(6-9-15)12-24-20-17-10-7-14-3-1-2-4-16(14)18(17)11-19(23)22-20/h1-6,8-9,11H,7,10,12H2,(H,22,23). The number of halogens is 1. The van der Waals surface area contributed by atoms with Gasteiger partial charge in [-0.15, -0.1) is 11.8 Å². The van der Waals surface area contributed by atoms with Gasteiger partial charge in [0, 0.05) is 16.8 Å². The second-order valence-electron chi connectivity index (χ2n) is 5.93. The van der Waals surface area contributed by atoms with E-state index in [1.54, 1.807) is 17.8 Å². The predicted molar refractivity (Wildman–Crippen MR) is 101 cm³/mol. The molecule has 0 atom stereocenters. The number of thioether (sulfide) groups is 1. The molecule has 2 nitrogen and oxygen atoms in total. The highest BCUT2D eigenvalue weighted by molar-refractivity contribution is 7.98. The van der Waals surface area contributed by atoms with Crippen LogP contribution in [0.25, 0.3) is 11.1 Å². The Balaban J connectivity index is 1.69. The van der Waals surface area contributed by atoms with E-state index in [0.717, 1.165) is 34.2 Å². The average Bonchev–Trinajstić information content (AvgIpc) is 2.61. The predicted octanol–water partition coefficient (Wildman–Crippen LogP) is 5.09. The van der Waals surface area contributed by atoms with Crippen LogP contribution in [-0.4, -0.2) is 4.98 Å². The highest BCUT2D eigenvalue weighted by Crippen LogP contribution is 2.37. The molecule has 0 bridgehead atoms. The van der Waals surface area contributed by atoms with Gasteiger partial charge in [-0.25, -0.2) is 0 Å². The van der Waals surface area contributed by atoms with Gasteiger partial charge in [0.05, 0.1) is 5.03 Å². The summed E-state index contributed by atoms with van der Waals surface area (Å²) in [6, 6.07) is 18.0. The fourth-order valence-electron chi connectivity index (χ4n) is 3.17. The summed E-state index contributed by atoms with van der Waals surface area (Å²) in [6.07, 6.45) is 1.98. The number of hydrogen-bond acceptors (Lipinski definition) is 2. The topological polar surface area (TPSA) is 32.9 Å². The highest BCUT2D eigenvalue weighted by Gasteiger charge is 2.19. The Bertz CT molecular complexity index is 947. The maximum atomic E-state index is 12.1. The van der Waals surface area contributed by atoms with Gasteiger partial charge in [-0.3, -0.25) is 4.79 Å². The molecule has 2 aromatic carbocycles. The molecule has 0 aliphatic heterocycles. The molecule has 1 aromatic heterocycles. The van der Waals surface area contributed by atoms with Crippen LogP contribution in [0, 0.1) is 0 Å². The first-order valence-corrected chi connectivity index (χ1v) is 9.29. The number of aromatic amines is 1. The average molecular weight is 354 g/mol. The minimum Gasteiger partial charge on any atom is -0.317 e. The van der Waals surface area contributed by atoms with Crippen molar-refractivity contribution in [3.8, 4) is 11.1 Å². The van der Waals surface area contributed by atoms with Crippen LogP contribution in [0.4, 0.5) is 0 Å². The molecule has 1 heterocycles. The SMILES string of the molecule is O=c1cc2c(c(SCc3ccc(Cl)cc3)[nH]1)CCc1ccccc1-2. The van der Waals surface area contributed by atoms with Gasteiger partial charge in [-0.2, -0.15) is 0 Å². The minimum absolute atomic E-state index is 0.0379. The van der Waals surface area contributed by atoms with Crippen molar-refractivity contribution >= 4 is 23.4 Å². The quantitative estimate of drug-likeness (QED) is 0.665. The monoisotopic (exact) mass is 353 g/mol. The summed E-state index contributed by atoms with van der Waals surface area (Å²) in [6.45, 7) is 0. The molecule has 3 aromatic rings. The van der Waals surface area contributed by atoms with Gasteiger partial charge in [-0.05, 0) is 52.8 Å². The van der Waals surface area contributed by atoms with Gasteiger partial charge in [0.15, 0.2) is 0 Å². The molecule has 4 rings (SSSR count). The van der Waals surface area contributed by atoms with Crippen LogP contribution in [0.15, 0.2) is 64.4 Å². The maximum absolute atomic E-state index is 12.1. The number of benzene rings is 2. The van der Waals surface area contributed by atoms with Crippen LogP contribution in [0.3, 0.4) is 0 Å². The van der Waals surface area contributed by atoms with E-state index in [4.69, 9.17) is 11.6 Å². The molecule has 0 radical (unpaired) electrons. The number of hydrogen-bond donors (Lipinski definition) is 1. The van der Waals surface area contributed by atoms with Crippen molar-refractivity contribution < 1.29 is 0 Å². The zero-order valence-corrected chi connectivity index (χ0v) is 14.6. The molecule has 0 saturated carbocycles. The van der Waals surface area contributed by atoms with Crippen molar-refractivity contribution in [3.05, 3.63) is 86.7 Å². The van der Waals surface area contributed by atoms with Crippen LogP contribution in [-0.2, 0) is 18.6 Å². The lowest BCUT2D eigenvalue weighted by Crippen LogP contribution is -2.14. The lowest BCUT2D eigenvalue weighted by Gasteiger charge is -2.21. The van der Waals surface area contributed by atoms with E-state index < -0.39 is 0 Å². The fraction of sp³-hybridized carbons (Fsp3) is 0.150. The van der Waals surface area contributed by atoms with Crippen molar-refractivity contribution in [2.45, 2.75) is 23.6 Å². The Hall–Kier alpha value is -1.97. The van der Waals surface area contributed by atoms with Gasteiger partial charge in [0.25, 0.3) is 0 Å². The molecule has 0 spiro atoms. The summed E-state index contributed by atoms with van der Waals surface area (Å²) in [7, 11) is 0. The van der Waals surface area contributed by atoms with Gasteiger partial charge in [-0.1, -0.05) is 48.0 Å². The molecule has 1 N–H and O–H groups in total. The van der Waals surface area contributed by atoms with Gasteiger partial charge in [0.1, 0.15) is 0 Å². The third kappa shape index (κ3) is 3.02. The molecule has 0 amide bonds. The number of aryl methyl sites for hydroxylation is 1. The van der Waals surface area contributed by atoms with Crippen molar-refractivity contribution in [2.75, 3.05) is 0 Å². The summed E-state index contributed by atoms with van der Waals surface area (Å²) in [5.74, 6) is 0.811. The Morgan fingerprint density at radius 2 is 1.79 bits per heavy atom. The number of H-pyrrole nitrogens is 1. The summed E-state index contributed by atoms with van der Waals surface area (Å²) in [5, 5.41) is 1.73. The molecule has 0 saturated heterocycles. The number of fused-ring (bicyclic) bond motifs is 3. The Morgan fingerprint density at radius 3 is 2.62 bits per heavy atom. The zero-order chi connectivity index (χ0) is 16.5. The Kier molecular flexibility index (Phi) is 4.21. The molecule has 1 aliphatic carbocycles. The third-order valence-corrected chi connectivity index (χ3v) is 5.73. The fourth-order valence-corrected chi connectivity index (χ4v) is 4.36. The molecule has 4 heteroatoms. The van der Waals surface area contributed by atoms with E-state index in [1.807, 2.05) is 30.3 Å². The van der Waals surface area contributed by atoms with Crippen molar-refractivity contribution in [1.29, 1.82) is 0 Å². The van der Waals surface area contributed by atoms with Crippen LogP contribution < -0.4 is 5.56 Å². The zero-order valence-electron chi connectivity index (χ0n) is 13.0. The number of pyridine rings is 1. The van der Waals surface area contributed by atoms with Gasteiger partial charge < -0.3 is 4.98 Å². The molecular formula is C20H16ClNOS. The number of aromatic nitrogens is 1. The van der Waals surface area contributed by atoms with Gasteiger partial charge >= 0.3 is 0 Å². The first-order chi connectivity index (χ1) is 11.7. The van der Waals surface area contributed by atoms with Crippen LogP contribution in [0.2, 0.25) is 5.02 Å². The number of rotatable bonds is 3. The molecule has 1 aliphatic rings. The molecule has 120 valence electrons. The summed E-state index contributed by atoms with van der Waals surface area (Å²) in [5.41, 5.74) is 6.01. The van der Waals surface area contributed by atoms with E-state index in [2.05, 4.69) is 23.2 Å². The normalized spacial score (nSPS) is 12.5. The first-order valence-electron chi connectivity index (χ1n) is 7.92. The second-order valence-corrected chi connectivity index (χ2v) is 7.35. The van der Waals surface area contributed by atoms with Crippen molar-refractivity contribution in [3.63, 3.8) is 0 Å². The van der Waals surface area contributed by atoms with E-state index in [1.165, 1.54) is 22.3 Å². The van der Waals surface area contributed by atoms with E-state index in [-0.39, 0.29) is 5.56 Å². The third-order valence-electron chi connectivity index (χ3n) is 4.36. The smallest absolute Gasteiger partial charge is 0.249 e. The lowest BCUT2D eigenvalue weighted by atomic mass is 9.87. The van der Waals surface area contributed by atoms with Crippen LogP contribution in [0.5, 0.6) is 0 Å². The molecule has 0 fully saturated rings. The van der Waals surface area contributed by atoms with Gasteiger partial charge in [0.2, 0.25) is 5.56 Å². The molecule has 0 unspecified atom stereocenters. The van der Waals surface area contributed by atoms with Crippen molar-refractivity contribution in [1.82, 2.24) is 4.98 Å². The summed E-state index contributed by atoms with van der Waals surface area (Å²) < 4.78 is 0. The largest absolute Gasteiger partial charge is 0.317 e. The van der Waals surface area contributed by atoms with Crippen LogP contribution in [0.1, 0.15) is 16.7 Å².